The van der Waals surface area contributed by atoms with Crippen LogP contribution >= 0.6 is 11.8 Å². The molecule has 5 heteroatoms. The lowest BCUT2D eigenvalue weighted by Crippen LogP contribution is -2.44. The van der Waals surface area contributed by atoms with E-state index in [0.29, 0.717) is 5.04 Å². The third-order valence-corrected chi connectivity index (χ3v) is 3.99. The molecule has 0 fully saturated rings. The number of hydrogen-bond acceptors (Lipinski definition) is 5. The summed E-state index contributed by atoms with van der Waals surface area (Å²) in [5.74, 6) is 0. The Bertz CT molecular complexity index is 547. The van der Waals surface area contributed by atoms with Gasteiger partial charge in [0.05, 0.1) is 27.7 Å². The molecule has 0 spiro atoms. The molecule has 4 nitrogen and oxygen atoms in total. The summed E-state index contributed by atoms with van der Waals surface area (Å²) in [6.07, 6.45) is 1.74. The van der Waals surface area contributed by atoms with Crippen molar-refractivity contribution in [3.05, 3.63) is 36.0 Å². The van der Waals surface area contributed by atoms with E-state index in [0.717, 1.165) is 17.1 Å². The van der Waals surface area contributed by atoms with Crippen LogP contribution in [0.5, 0.6) is 0 Å². The van der Waals surface area contributed by atoms with E-state index in [4.69, 9.17) is 5.41 Å². The Morgan fingerprint density at radius 2 is 2.11 bits per heavy atom. The molecule has 0 radical (unpaired) electrons. The Balaban J connectivity index is 2.12. The first kappa shape index (κ1) is 11.6. The molecule has 94 valence electrons. The van der Waals surface area contributed by atoms with Crippen molar-refractivity contribution in [3.8, 4) is 0 Å². The topological polar surface area (TPSA) is 59.4 Å². The quantitative estimate of drug-likeness (QED) is 0.727. The zero-order chi connectivity index (χ0) is 12.9. The minimum absolute atomic E-state index is 0.0404. The van der Waals surface area contributed by atoms with Gasteiger partial charge in [0.1, 0.15) is 0 Å². The van der Waals surface area contributed by atoms with E-state index in [2.05, 4.69) is 10.2 Å². The standard InChI is InChI=1S/C13H15N3OS/c1-13(2,17)10-7-11(14)18-12-15-8-5-3-4-6-9(8)16(10)12/h3-7,12,14-15,17H,1-2H3. The van der Waals surface area contributed by atoms with Crippen molar-refractivity contribution in [1.82, 2.24) is 0 Å². The number of hydrogen-bond donors (Lipinski definition) is 3. The first-order valence-corrected chi connectivity index (χ1v) is 6.69. The second kappa shape index (κ2) is 3.76. The maximum absolute atomic E-state index is 10.3. The Morgan fingerprint density at radius 1 is 1.39 bits per heavy atom. The lowest BCUT2D eigenvalue weighted by molar-refractivity contribution is 0.116. The summed E-state index contributed by atoms with van der Waals surface area (Å²) in [5, 5.41) is 22.0. The number of thioether (sulfide) groups is 1. The smallest absolute Gasteiger partial charge is 0.158 e. The van der Waals surface area contributed by atoms with Crippen LogP contribution in [0.4, 0.5) is 11.4 Å². The number of benzene rings is 1. The van der Waals surface area contributed by atoms with Crippen LogP contribution < -0.4 is 10.2 Å². The van der Waals surface area contributed by atoms with Crippen LogP contribution in [0.25, 0.3) is 0 Å². The number of fused-ring (bicyclic) bond motifs is 3. The molecule has 1 aromatic carbocycles. The fourth-order valence-corrected chi connectivity index (χ4v) is 3.23. The summed E-state index contributed by atoms with van der Waals surface area (Å²) in [7, 11) is 0. The van der Waals surface area contributed by atoms with Crippen LogP contribution in [0.2, 0.25) is 0 Å². The molecule has 1 aromatic rings. The highest BCUT2D eigenvalue weighted by molar-refractivity contribution is 8.15. The van der Waals surface area contributed by atoms with Gasteiger partial charge < -0.3 is 15.3 Å². The van der Waals surface area contributed by atoms with Gasteiger partial charge in [-0.15, -0.1) is 0 Å². The molecule has 3 rings (SSSR count). The van der Waals surface area contributed by atoms with E-state index < -0.39 is 5.60 Å². The highest BCUT2D eigenvalue weighted by atomic mass is 32.2. The van der Waals surface area contributed by atoms with Crippen molar-refractivity contribution >= 4 is 28.2 Å². The molecule has 0 saturated carbocycles. The van der Waals surface area contributed by atoms with Gasteiger partial charge in [-0.1, -0.05) is 23.9 Å². The third-order valence-electron chi connectivity index (χ3n) is 3.07. The molecule has 0 saturated heterocycles. The van der Waals surface area contributed by atoms with Crippen LogP contribution in [0, 0.1) is 5.41 Å². The molecule has 0 aromatic heterocycles. The van der Waals surface area contributed by atoms with Gasteiger partial charge in [-0.25, -0.2) is 0 Å². The van der Waals surface area contributed by atoms with E-state index in [9.17, 15) is 5.11 Å². The number of rotatable bonds is 1. The fourth-order valence-electron chi connectivity index (χ4n) is 2.29. The van der Waals surface area contributed by atoms with Gasteiger partial charge in [-0.05, 0) is 32.1 Å². The lowest BCUT2D eigenvalue weighted by Gasteiger charge is -2.37. The van der Waals surface area contributed by atoms with Gasteiger partial charge in [0.25, 0.3) is 0 Å². The molecule has 0 amide bonds. The monoisotopic (exact) mass is 261 g/mol. The molecule has 1 unspecified atom stereocenters. The lowest BCUT2D eigenvalue weighted by atomic mass is 10.0. The van der Waals surface area contributed by atoms with Crippen LogP contribution in [-0.4, -0.2) is 21.2 Å². The normalized spacial score (nSPS) is 22.2. The van der Waals surface area contributed by atoms with Crippen LogP contribution in [0.3, 0.4) is 0 Å². The average Bonchev–Trinajstić information content (AvgIpc) is 2.64. The van der Waals surface area contributed by atoms with Gasteiger partial charge >= 0.3 is 0 Å². The van der Waals surface area contributed by atoms with Crippen molar-refractivity contribution in [2.24, 2.45) is 0 Å². The predicted molar refractivity (Wildman–Crippen MR) is 76.0 cm³/mol. The maximum Gasteiger partial charge on any atom is 0.158 e. The zero-order valence-corrected chi connectivity index (χ0v) is 11.1. The Labute approximate surface area is 110 Å². The molecule has 0 bridgehead atoms. The summed E-state index contributed by atoms with van der Waals surface area (Å²) >= 11 is 1.44. The number of anilines is 2. The van der Waals surface area contributed by atoms with Crippen molar-refractivity contribution in [2.75, 3.05) is 10.2 Å². The predicted octanol–water partition coefficient (Wildman–Crippen LogP) is 2.58. The van der Waals surface area contributed by atoms with E-state index >= 15 is 0 Å². The Kier molecular flexibility index (Phi) is 2.43. The number of aliphatic hydroxyl groups is 1. The fraction of sp³-hybridized carbons (Fsp3) is 0.308. The summed E-state index contributed by atoms with van der Waals surface area (Å²) in [5.41, 5.74) is 1.84. The summed E-state index contributed by atoms with van der Waals surface area (Å²) in [4.78, 5) is 2.07. The molecular weight excluding hydrogens is 246 g/mol. The summed E-state index contributed by atoms with van der Waals surface area (Å²) < 4.78 is 0. The van der Waals surface area contributed by atoms with Crippen molar-refractivity contribution in [2.45, 2.75) is 24.9 Å². The number of para-hydroxylation sites is 2. The van der Waals surface area contributed by atoms with E-state index in [1.807, 2.05) is 24.3 Å². The number of nitrogens with zero attached hydrogens (tertiary/aromatic N) is 1. The third kappa shape index (κ3) is 1.71. The van der Waals surface area contributed by atoms with E-state index in [-0.39, 0.29) is 5.50 Å². The first-order chi connectivity index (χ1) is 8.47. The average molecular weight is 261 g/mol. The molecule has 1 atom stereocenters. The van der Waals surface area contributed by atoms with Gasteiger partial charge in [0.15, 0.2) is 5.50 Å². The molecule has 18 heavy (non-hydrogen) atoms. The van der Waals surface area contributed by atoms with Crippen LogP contribution in [0.1, 0.15) is 13.8 Å². The highest BCUT2D eigenvalue weighted by Gasteiger charge is 2.40. The molecular formula is C13H15N3OS. The summed E-state index contributed by atoms with van der Waals surface area (Å²) in [6, 6.07) is 8.00. The largest absolute Gasteiger partial charge is 0.384 e. The highest BCUT2D eigenvalue weighted by Crippen LogP contribution is 2.45. The van der Waals surface area contributed by atoms with Gasteiger partial charge in [-0.2, -0.15) is 0 Å². The summed E-state index contributed by atoms with van der Waals surface area (Å²) in [6.45, 7) is 3.50. The maximum atomic E-state index is 10.3. The molecule has 0 aliphatic carbocycles. The Morgan fingerprint density at radius 3 is 2.83 bits per heavy atom. The molecule has 2 aliphatic rings. The second-order valence-corrected chi connectivity index (χ2v) is 6.08. The van der Waals surface area contributed by atoms with Crippen molar-refractivity contribution < 1.29 is 5.11 Å². The second-order valence-electron chi connectivity index (χ2n) is 4.95. The number of nitrogens with one attached hydrogen (secondary N) is 2. The van der Waals surface area contributed by atoms with E-state index in [1.54, 1.807) is 19.9 Å². The Hall–Kier alpha value is -1.46. The molecule has 3 N–H and O–H groups in total. The zero-order valence-electron chi connectivity index (χ0n) is 10.3. The minimum Gasteiger partial charge on any atom is -0.384 e. The van der Waals surface area contributed by atoms with Gasteiger partial charge in [0, 0.05) is 0 Å². The minimum atomic E-state index is -0.968. The van der Waals surface area contributed by atoms with E-state index in [1.165, 1.54) is 11.8 Å². The SMILES string of the molecule is CC(C)(O)C1=CC(=N)SC2Nc3ccccc3N12. The van der Waals surface area contributed by atoms with Crippen LogP contribution in [-0.2, 0) is 0 Å². The molecule has 2 heterocycles. The molecule has 2 aliphatic heterocycles. The van der Waals surface area contributed by atoms with Crippen molar-refractivity contribution in [3.63, 3.8) is 0 Å². The van der Waals surface area contributed by atoms with Crippen LogP contribution in [0.15, 0.2) is 36.0 Å². The van der Waals surface area contributed by atoms with Gasteiger partial charge in [0.2, 0.25) is 0 Å². The van der Waals surface area contributed by atoms with Crippen molar-refractivity contribution in [1.29, 1.82) is 5.41 Å². The first-order valence-electron chi connectivity index (χ1n) is 5.81. The van der Waals surface area contributed by atoms with Gasteiger partial charge in [-0.3, -0.25) is 5.41 Å².